The van der Waals surface area contributed by atoms with Crippen LogP contribution in [-0.4, -0.2) is 38.2 Å². The van der Waals surface area contributed by atoms with E-state index in [1.165, 1.54) is 44.3 Å². The molecule has 0 saturated carbocycles. The summed E-state index contributed by atoms with van der Waals surface area (Å²) in [6.07, 6.45) is 6.53. The fraction of sp³-hybridized carbons (Fsp3) is 0.667. The first-order valence-electron chi connectivity index (χ1n) is 8.46. The smallest absolute Gasteiger partial charge is 0.119 e. The first-order valence-corrected chi connectivity index (χ1v) is 8.46. The van der Waals surface area contributed by atoms with Crippen molar-refractivity contribution in [1.82, 2.24) is 10.2 Å². The van der Waals surface area contributed by atoms with Gasteiger partial charge < -0.3 is 15.0 Å². The van der Waals surface area contributed by atoms with E-state index in [9.17, 15) is 0 Å². The number of nitrogens with zero attached hydrogens (tertiary/aromatic N) is 1. The average molecular weight is 290 g/mol. The van der Waals surface area contributed by atoms with E-state index >= 15 is 0 Å². The Morgan fingerprint density at radius 1 is 1.10 bits per heavy atom. The summed E-state index contributed by atoms with van der Waals surface area (Å²) in [6, 6.07) is 8.99. The molecule has 1 saturated heterocycles. The molecule has 1 atom stereocenters. The third kappa shape index (κ3) is 5.33. The first kappa shape index (κ1) is 16.3. The molecule has 0 aliphatic carbocycles. The van der Waals surface area contributed by atoms with Crippen LogP contribution in [0.25, 0.3) is 0 Å². The number of benzene rings is 1. The van der Waals surface area contributed by atoms with Gasteiger partial charge >= 0.3 is 0 Å². The second-order valence-corrected chi connectivity index (χ2v) is 5.97. The molecular weight excluding hydrogens is 260 g/mol. The molecule has 1 aliphatic heterocycles. The SMILES string of the molecule is CCCOc1ccc(C(CN2CCCCCC2)NC)cc1. The molecular formula is C18H30N2O. The molecule has 2 rings (SSSR count). The van der Waals surface area contributed by atoms with Crippen molar-refractivity contribution in [2.24, 2.45) is 0 Å². The molecule has 1 fully saturated rings. The maximum absolute atomic E-state index is 5.66. The standard InChI is InChI=1S/C18H30N2O/c1-3-14-21-17-10-8-16(9-11-17)18(19-2)15-20-12-6-4-5-7-13-20/h8-11,18-19H,3-7,12-15H2,1-2H3. The number of hydrogen-bond donors (Lipinski definition) is 1. The van der Waals surface area contributed by atoms with Gasteiger partial charge in [-0.25, -0.2) is 0 Å². The molecule has 1 aliphatic rings. The number of ether oxygens (including phenoxy) is 1. The van der Waals surface area contributed by atoms with E-state index in [1.54, 1.807) is 0 Å². The topological polar surface area (TPSA) is 24.5 Å². The first-order chi connectivity index (χ1) is 10.3. The van der Waals surface area contributed by atoms with Crippen molar-refractivity contribution >= 4 is 0 Å². The number of nitrogens with one attached hydrogen (secondary N) is 1. The van der Waals surface area contributed by atoms with Crippen LogP contribution in [0.2, 0.25) is 0 Å². The van der Waals surface area contributed by atoms with Crippen LogP contribution in [0.4, 0.5) is 0 Å². The molecule has 1 aromatic carbocycles. The van der Waals surface area contributed by atoms with Crippen molar-refractivity contribution in [3.63, 3.8) is 0 Å². The van der Waals surface area contributed by atoms with Crippen LogP contribution in [0.5, 0.6) is 5.75 Å². The number of likely N-dealkylation sites (tertiary alicyclic amines) is 1. The lowest BCUT2D eigenvalue weighted by atomic mass is 10.1. The Hall–Kier alpha value is -1.06. The van der Waals surface area contributed by atoms with Gasteiger partial charge in [0.05, 0.1) is 6.61 Å². The van der Waals surface area contributed by atoms with Crippen LogP contribution in [0.3, 0.4) is 0 Å². The Bertz CT molecular complexity index is 383. The third-order valence-electron chi connectivity index (χ3n) is 4.24. The van der Waals surface area contributed by atoms with Crippen molar-refractivity contribution in [3.05, 3.63) is 29.8 Å². The predicted octanol–water partition coefficient (Wildman–Crippen LogP) is 3.61. The molecule has 3 nitrogen and oxygen atoms in total. The molecule has 3 heteroatoms. The zero-order valence-electron chi connectivity index (χ0n) is 13.6. The molecule has 0 spiro atoms. The van der Waals surface area contributed by atoms with Crippen LogP contribution in [0, 0.1) is 0 Å². The normalized spacial score (nSPS) is 18.2. The summed E-state index contributed by atoms with van der Waals surface area (Å²) in [5.41, 5.74) is 1.35. The van der Waals surface area contributed by atoms with Crippen LogP contribution < -0.4 is 10.1 Å². The Morgan fingerprint density at radius 2 is 1.76 bits per heavy atom. The van der Waals surface area contributed by atoms with E-state index in [1.807, 2.05) is 0 Å². The minimum atomic E-state index is 0.406. The third-order valence-corrected chi connectivity index (χ3v) is 4.24. The molecule has 0 aromatic heterocycles. The maximum Gasteiger partial charge on any atom is 0.119 e. The Balaban J connectivity index is 1.92. The van der Waals surface area contributed by atoms with Gasteiger partial charge in [-0.2, -0.15) is 0 Å². The van der Waals surface area contributed by atoms with Gasteiger partial charge in [-0.05, 0) is 57.1 Å². The van der Waals surface area contributed by atoms with Crippen molar-refractivity contribution in [3.8, 4) is 5.75 Å². The summed E-state index contributed by atoms with van der Waals surface area (Å²) in [5, 5.41) is 3.47. The van der Waals surface area contributed by atoms with E-state index in [-0.39, 0.29) is 0 Å². The van der Waals surface area contributed by atoms with Crippen LogP contribution in [-0.2, 0) is 0 Å². The zero-order valence-corrected chi connectivity index (χ0v) is 13.6. The summed E-state index contributed by atoms with van der Waals surface area (Å²) in [6.45, 7) is 6.52. The highest BCUT2D eigenvalue weighted by Gasteiger charge is 2.16. The molecule has 118 valence electrons. The van der Waals surface area contributed by atoms with Crippen molar-refractivity contribution in [2.45, 2.75) is 45.1 Å². The van der Waals surface area contributed by atoms with Crippen molar-refractivity contribution < 1.29 is 4.74 Å². The van der Waals surface area contributed by atoms with E-state index in [0.29, 0.717) is 6.04 Å². The monoisotopic (exact) mass is 290 g/mol. The van der Waals surface area contributed by atoms with Crippen LogP contribution in [0.15, 0.2) is 24.3 Å². The van der Waals surface area contributed by atoms with E-state index in [0.717, 1.165) is 25.3 Å². The largest absolute Gasteiger partial charge is 0.494 e. The Labute approximate surface area is 129 Å². The quantitative estimate of drug-likeness (QED) is 0.830. The van der Waals surface area contributed by atoms with Crippen molar-refractivity contribution in [2.75, 3.05) is 33.3 Å². The van der Waals surface area contributed by atoms with Crippen LogP contribution >= 0.6 is 0 Å². The second kappa shape index (κ2) is 9.06. The summed E-state index contributed by atoms with van der Waals surface area (Å²) < 4.78 is 5.66. The molecule has 1 aromatic rings. The minimum absolute atomic E-state index is 0.406. The fourth-order valence-corrected chi connectivity index (χ4v) is 2.96. The Kier molecular flexibility index (Phi) is 7.04. The fourth-order valence-electron chi connectivity index (χ4n) is 2.96. The molecule has 0 radical (unpaired) electrons. The average Bonchev–Trinajstić information content (AvgIpc) is 2.80. The van der Waals surface area contributed by atoms with E-state index in [4.69, 9.17) is 4.74 Å². The predicted molar refractivity (Wildman–Crippen MR) is 88.9 cm³/mol. The van der Waals surface area contributed by atoms with Crippen LogP contribution in [0.1, 0.15) is 50.6 Å². The second-order valence-electron chi connectivity index (χ2n) is 5.97. The minimum Gasteiger partial charge on any atom is -0.494 e. The highest BCUT2D eigenvalue weighted by molar-refractivity contribution is 5.29. The van der Waals surface area contributed by atoms with E-state index < -0.39 is 0 Å². The van der Waals surface area contributed by atoms with Crippen molar-refractivity contribution in [1.29, 1.82) is 0 Å². The van der Waals surface area contributed by atoms with Gasteiger partial charge in [0.15, 0.2) is 0 Å². The lowest BCUT2D eigenvalue weighted by molar-refractivity contribution is 0.255. The molecule has 0 amide bonds. The summed E-state index contributed by atoms with van der Waals surface area (Å²) in [4.78, 5) is 2.61. The molecule has 1 unspecified atom stereocenters. The lowest BCUT2D eigenvalue weighted by Gasteiger charge is -2.26. The lowest BCUT2D eigenvalue weighted by Crippen LogP contribution is -2.34. The number of rotatable bonds is 7. The van der Waals surface area contributed by atoms with E-state index in [2.05, 4.69) is 48.5 Å². The number of hydrogen-bond acceptors (Lipinski definition) is 3. The van der Waals surface area contributed by atoms with Gasteiger partial charge in [0.1, 0.15) is 5.75 Å². The van der Waals surface area contributed by atoms with Gasteiger partial charge in [-0.1, -0.05) is 31.9 Å². The highest BCUT2D eigenvalue weighted by Crippen LogP contribution is 2.20. The van der Waals surface area contributed by atoms with Gasteiger partial charge in [0, 0.05) is 12.6 Å². The molecule has 1 N–H and O–H groups in total. The highest BCUT2D eigenvalue weighted by atomic mass is 16.5. The van der Waals surface area contributed by atoms with Gasteiger partial charge in [0.2, 0.25) is 0 Å². The van der Waals surface area contributed by atoms with Gasteiger partial charge in [-0.15, -0.1) is 0 Å². The Morgan fingerprint density at radius 3 is 2.33 bits per heavy atom. The van der Waals surface area contributed by atoms with Gasteiger partial charge in [-0.3, -0.25) is 0 Å². The van der Waals surface area contributed by atoms with Gasteiger partial charge in [0.25, 0.3) is 0 Å². The summed E-state index contributed by atoms with van der Waals surface area (Å²) in [7, 11) is 2.06. The molecule has 21 heavy (non-hydrogen) atoms. The summed E-state index contributed by atoms with van der Waals surface area (Å²) in [5.74, 6) is 0.977. The number of likely N-dealkylation sites (N-methyl/N-ethyl adjacent to an activating group) is 1. The zero-order chi connectivity index (χ0) is 14.9. The maximum atomic E-state index is 5.66. The molecule has 0 bridgehead atoms. The summed E-state index contributed by atoms with van der Waals surface area (Å²) >= 11 is 0. The molecule has 1 heterocycles.